The highest BCUT2D eigenvalue weighted by Gasteiger charge is 2.28. The molecular weight excluding hydrogens is 354 g/mol. The number of aryl methyl sites for hydroxylation is 1. The molecule has 0 unspecified atom stereocenters. The number of nitrogens with one attached hydrogen (secondary N) is 1. The van der Waals surface area contributed by atoms with E-state index in [1.807, 2.05) is 18.2 Å². The molecule has 2 atom stereocenters. The highest BCUT2D eigenvalue weighted by Crippen LogP contribution is 2.33. The van der Waals surface area contributed by atoms with E-state index < -0.39 is 0 Å². The van der Waals surface area contributed by atoms with Crippen molar-refractivity contribution in [3.05, 3.63) is 77.4 Å². The van der Waals surface area contributed by atoms with Gasteiger partial charge in [-0.25, -0.2) is 0 Å². The van der Waals surface area contributed by atoms with Gasteiger partial charge in [-0.15, -0.1) is 0 Å². The third kappa shape index (κ3) is 4.77. The zero-order valence-electron chi connectivity index (χ0n) is 16.0. The number of ether oxygens (including phenoxy) is 2. The van der Waals surface area contributed by atoms with E-state index >= 15 is 0 Å². The summed E-state index contributed by atoms with van der Waals surface area (Å²) in [6.07, 6.45) is 1.28. The second-order valence-electron chi connectivity index (χ2n) is 7.04. The van der Waals surface area contributed by atoms with E-state index in [4.69, 9.17) is 14.0 Å². The van der Waals surface area contributed by atoms with Crippen molar-refractivity contribution >= 4 is 0 Å². The van der Waals surface area contributed by atoms with Crippen molar-refractivity contribution in [2.45, 2.75) is 32.6 Å². The van der Waals surface area contributed by atoms with Gasteiger partial charge >= 0.3 is 0 Å². The van der Waals surface area contributed by atoms with Crippen LogP contribution in [0, 0.1) is 12.8 Å². The average Bonchev–Trinajstić information content (AvgIpc) is 3.37. The molecule has 1 N–H and O–H groups in total. The molecule has 1 aromatic heterocycles. The molecule has 6 heteroatoms. The predicted molar refractivity (Wildman–Crippen MR) is 105 cm³/mol. The van der Waals surface area contributed by atoms with E-state index in [-0.39, 0.29) is 6.10 Å². The van der Waals surface area contributed by atoms with Crippen molar-refractivity contribution in [2.75, 3.05) is 13.2 Å². The molecule has 146 valence electrons. The molecule has 4 rings (SSSR count). The van der Waals surface area contributed by atoms with Gasteiger partial charge in [0.1, 0.15) is 5.75 Å². The zero-order valence-corrected chi connectivity index (χ0v) is 16.0. The fraction of sp³-hybridized carbons (Fsp3) is 0.364. The van der Waals surface area contributed by atoms with E-state index in [1.54, 1.807) is 6.92 Å². The Morgan fingerprint density at radius 2 is 1.93 bits per heavy atom. The molecular formula is C22H25N3O3. The largest absolute Gasteiger partial charge is 0.485 e. The smallest absolute Gasteiger partial charge is 0.223 e. The van der Waals surface area contributed by atoms with E-state index in [0.29, 0.717) is 24.2 Å². The molecule has 0 amide bonds. The number of hydrogen-bond acceptors (Lipinski definition) is 6. The van der Waals surface area contributed by atoms with Gasteiger partial charge in [-0.3, -0.25) is 0 Å². The second kappa shape index (κ2) is 8.99. The second-order valence-corrected chi connectivity index (χ2v) is 7.04. The first-order valence-corrected chi connectivity index (χ1v) is 9.66. The Morgan fingerprint density at radius 3 is 2.68 bits per heavy atom. The number of hydrogen-bond donors (Lipinski definition) is 1. The molecule has 0 aliphatic carbocycles. The molecule has 0 saturated carbocycles. The summed E-state index contributed by atoms with van der Waals surface area (Å²) in [5.74, 6) is 2.39. The fourth-order valence-corrected chi connectivity index (χ4v) is 3.51. The molecule has 6 nitrogen and oxygen atoms in total. The lowest BCUT2D eigenvalue weighted by atomic mass is 9.95. The van der Waals surface area contributed by atoms with Gasteiger partial charge in [-0.05, 0) is 29.7 Å². The Kier molecular flexibility index (Phi) is 5.99. The fourth-order valence-electron chi connectivity index (χ4n) is 3.51. The molecule has 28 heavy (non-hydrogen) atoms. The van der Waals surface area contributed by atoms with Gasteiger partial charge in [-0.2, -0.15) is 4.98 Å². The van der Waals surface area contributed by atoms with Crippen LogP contribution in [0.15, 0.2) is 59.1 Å². The normalized spacial score (nSPS) is 19.0. The van der Waals surface area contributed by atoms with Crippen LogP contribution in [0.25, 0.3) is 0 Å². The monoisotopic (exact) mass is 379 g/mol. The lowest BCUT2D eigenvalue weighted by Gasteiger charge is -2.19. The summed E-state index contributed by atoms with van der Waals surface area (Å²) >= 11 is 0. The Bertz CT molecular complexity index is 864. The van der Waals surface area contributed by atoms with Gasteiger partial charge in [0.05, 0.1) is 6.10 Å². The topological polar surface area (TPSA) is 69.4 Å². The first-order valence-electron chi connectivity index (χ1n) is 9.66. The lowest BCUT2D eigenvalue weighted by molar-refractivity contribution is 0.0904. The standard InChI is InChI=1S/C22H25N3O3/c1-16-24-21(25-28-16)15-27-20-9-7-17(8-10-20)13-23-14-19-11-12-26-22(19)18-5-3-2-4-6-18/h2-10,19,22-23H,11-15H2,1H3/t19-,22-/m1/s1. The van der Waals surface area contributed by atoms with Crippen LogP contribution in [0.4, 0.5) is 0 Å². The quantitative estimate of drug-likeness (QED) is 0.642. The third-order valence-corrected chi connectivity index (χ3v) is 4.94. The van der Waals surface area contributed by atoms with Crippen molar-refractivity contribution in [1.29, 1.82) is 0 Å². The Labute approximate surface area is 164 Å². The maximum Gasteiger partial charge on any atom is 0.223 e. The summed E-state index contributed by atoms with van der Waals surface area (Å²) in [5.41, 5.74) is 2.49. The first kappa shape index (κ1) is 18.7. The molecule has 0 spiro atoms. The highest BCUT2D eigenvalue weighted by atomic mass is 16.5. The molecule has 1 saturated heterocycles. The van der Waals surface area contributed by atoms with Gasteiger partial charge < -0.3 is 19.3 Å². The third-order valence-electron chi connectivity index (χ3n) is 4.94. The molecule has 2 aromatic carbocycles. The van der Waals surface area contributed by atoms with E-state index in [1.165, 1.54) is 11.1 Å². The number of rotatable bonds is 8. The van der Waals surface area contributed by atoms with Crippen molar-refractivity contribution < 1.29 is 14.0 Å². The van der Waals surface area contributed by atoms with Crippen LogP contribution in [-0.2, 0) is 17.9 Å². The molecule has 1 fully saturated rings. The van der Waals surface area contributed by atoms with Crippen LogP contribution in [-0.4, -0.2) is 23.3 Å². The highest BCUT2D eigenvalue weighted by molar-refractivity contribution is 5.27. The van der Waals surface area contributed by atoms with Crippen LogP contribution < -0.4 is 10.1 Å². The summed E-state index contributed by atoms with van der Waals surface area (Å²) in [5, 5.41) is 7.39. The van der Waals surface area contributed by atoms with Gasteiger partial charge in [0.15, 0.2) is 6.61 Å². The van der Waals surface area contributed by atoms with Gasteiger partial charge in [-0.1, -0.05) is 47.6 Å². The van der Waals surface area contributed by atoms with Crippen LogP contribution in [0.1, 0.15) is 35.4 Å². The predicted octanol–water partition coefficient (Wildman–Crippen LogP) is 3.82. The maximum absolute atomic E-state index is 5.96. The Balaban J connectivity index is 1.23. The van der Waals surface area contributed by atoms with E-state index in [9.17, 15) is 0 Å². The van der Waals surface area contributed by atoms with Crippen LogP contribution in [0.3, 0.4) is 0 Å². The van der Waals surface area contributed by atoms with Gasteiger partial charge in [0, 0.05) is 32.5 Å². The molecule has 1 aliphatic rings. The van der Waals surface area contributed by atoms with Crippen LogP contribution in [0.2, 0.25) is 0 Å². The minimum Gasteiger partial charge on any atom is -0.485 e. The van der Waals surface area contributed by atoms with Gasteiger partial charge in [0.2, 0.25) is 11.7 Å². The molecule has 0 radical (unpaired) electrons. The van der Waals surface area contributed by atoms with Crippen LogP contribution in [0.5, 0.6) is 5.75 Å². The summed E-state index contributed by atoms with van der Waals surface area (Å²) in [6.45, 7) is 4.66. The van der Waals surface area contributed by atoms with Gasteiger partial charge in [0.25, 0.3) is 0 Å². The molecule has 3 aromatic rings. The van der Waals surface area contributed by atoms with E-state index in [0.717, 1.165) is 31.9 Å². The minimum absolute atomic E-state index is 0.193. The molecule has 1 aliphatic heterocycles. The number of aromatic nitrogens is 2. The maximum atomic E-state index is 5.96. The summed E-state index contributed by atoms with van der Waals surface area (Å²) in [4.78, 5) is 4.13. The average molecular weight is 379 g/mol. The van der Waals surface area contributed by atoms with Crippen LogP contribution >= 0.6 is 0 Å². The number of nitrogens with zero attached hydrogens (tertiary/aromatic N) is 2. The Hall–Kier alpha value is -2.70. The van der Waals surface area contributed by atoms with Crippen molar-refractivity contribution in [1.82, 2.24) is 15.5 Å². The number of benzene rings is 2. The molecule has 0 bridgehead atoms. The van der Waals surface area contributed by atoms with Crippen molar-refractivity contribution in [3.8, 4) is 5.75 Å². The lowest BCUT2D eigenvalue weighted by Crippen LogP contribution is -2.24. The van der Waals surface area contributed by atoms with Crippen molar-refractivity contribution in [2.24, 2.45) is 5.92 Å². The van der Waals surface area contributed by atoms with Crippen molar-refractivity contribution in [3.63, 3.8) is 0 Å². The molecule has 2 heterocycles. The zero-order chi connectivity index (χ0) is 19.2. The SMILES string of the molecule is Cc1nc(COc2ccc(CNC[C@H]3CCO[C@@H]3c3ccccc3)cc2)no1. The summed E-state index contributed by atoms with van der Waals surface area (Å²) in [6, 6.07) is 18.6. The Morgan fingerprint density at radius 1 is 1.11 bits per heavy atom. The summed E-state index contributed by atoms with van der Waals surface area (Å²) in [7, 11) is 0. The van der Waals surface area contributed by atoms with E-state index in [2.05, 4.69) is 51.9 Å². The first-order chi connectivity index (χ1) is 13.8. The minimum atomic E-state index is 0.193. The summed E-state index contributed by atoms with van der Waals surface area (Å²) < 4.78 is 16.6.